The molecule has 1 fully saturated rings. The molecule has 4 heteroatoms. The topological polar surface area (TPSA) is 21.3 Å². The van der Waals surface area contributed by atoms with Gasteiger partial charge < -0.3 is 10.1 Å². The molecule has 110 valence electrons. The number of rotatable bonds is 5. The van der Waals surface area contributed by atoms with E-state index in [1.807, 2.05) is 43.3 Å². The van der Waals surface area contributed by atoms with E-state index in [0.29, 0.717) is 21.8 Å². The van der Waals surface area contributed by atoms with Crippen molar-refractivity contribution in [2.75, 3.05) is 0 Å². The molecule has 0 radical (unpaired) electrons. The van der Waals surface area contributed by atoms with Crippen molar-refractivity contribution in [1.82, 2.24) is 5.32 Å². The summed E-state index contributed by atoms with van der Waals surface area (Å²) in [4.78, 5) is 0. The van der Waals surface area contributed by atoms with Gasteiger partial charge in [-0.15, -0.1) is 0 Å². The van der Waals surface area contributed by atoms with Crippen molar-refractivity contribution >= 4 is 23.2 Å². The molecule has 1 aliphatic rings. The number of benzene rings is 2. The molecule has 0 spiro atoms. The van der Waals surface area contributed by atoms with Crippen molar-refractivity contribution in [2.45, 2.75) is 32.4 Å². The number of hydrogen-bond acceptors (Lipinski definition) is 2. The minimum Gasteiger partial charge on any atom is -0.455 e. The number of halogens is 2. The van der Waals surface area contributed by atoms with E-state index in [9.17, 15) is 0 Å². The quantitative estimate of drug-likeness (QED) is 0.801. The molecule has 2 aromatic carbocycles. The number of hydrogen-bond donors (Lipinski definition) is 1. The Morgan fingerprint density at radius 3 is 2.67 bits per heavy atom. The Morgan fingerprint density at radius 1 is 1.10 bits per heavy atom. The molecular weight excluding hydrogens is 305 g/mol. The van der Waals surface area contributed by atoms with E-state index in [-0.39, 0.29) is 0 Å². The molecule has 1 saturated carbocycles. The van der Waals surface area contributed by atoms with Gasteiger partial charge in [0.05, 0.1) is 5.02 Å². The molecule has 1 N–H and O–H groups in total. The van der Waals surface area contributed by atoms with Gasteiger partial charge in [-0.05, 0) is 49.6 Å². The largest absolute Gasteiger partial charge is 0.455 e. The van der Waals surface area contributed by atoms with Crippen LogP contribution in [0, 0.1) is 6.92 Å². The predicted molar refractivity (Wildman–Crippen MR) is 87.6 cm³/mol. The van der Waals surface area contributed by atoms with Crippen LogP contribution in [0.1, 0.15) is 24.0 Å². The van der Waals surface area contributed by atoms with Gasteiger partial charge in [-0.25, -0.2) is 0 Å². The maximum absolute atomic E-state index is 6.20. The average molecular weight is 322 g/mol. The smallest absolute Gasteiger partial charge is 0.146 e. The lowest BCUT2D eigenvalue weighted by molar-refractivity contribution is 0.472. The second kappa shape index (κ2) is 6.27. The highest BCUT2D eigenvalue weighted by molar-refractivity contribution is 6.32. The molecule has 1 aliphatic carbocycles. The van der Waals surface area contributed by atoms with Crippen LogP contribution in [0.4, 0.5) is 0 Å². The van der Waals surface area contributed by atoms with Gasteiger partial charge in [-0.3, -0.25) is 0 Å². The number of ether oxygens (including phenoxy) is 1. The molecule has 0 heterocycles. The van der Waals surface area contributed by atoms with Gasteiger partial charge in [0.2, 0.25) is 0 Å². The number of aryl methyl sites for hydroxylation is 1. The van der Waals surface area contributed by atoms with Crippen LogP contribution in [0.3, 0.4) is 0 Å². The highest BCUT2D eigenvalue weighted by Crippen LogP contribution is 2.34. The molecule has 21 heavy (non-hydrogen) atoms. The van der Waals surface area contributed by atoms with Crippen LogP contribution in [0.25, 0.3) is 0 Å². The van der Waals surface area contributed by atoms with Gasteiger partial charge >= 0.3 is 0 Å². The van der Waals surface area contributed by atoms with Crippen LogP contribution in [0.2, 0.25) is 10.0 Å². The normalized spacial score (nSPS) is 14.2. The summed E-state index contributed by atoms with van der Waals surface area (Å²) in [7, 11) is 0. The molecule has 0 unspecified atom stereocenters. The van der Waals surface area contributed by atoms with Crippen molar-refractivity contribution in [3.63, 3.8) is 0 Å². The Kier molecular flexibility index (Phi) is 4.39. The summed E-state index contributed by atoms with van der Waals surface area (Å²) in [6, 6.07) is 12.1. The maximum Gasteiger partial charge on any atom is 0.146 e. The SMILES string of the molecule is Cc1ccc(Cl)c(Oc2cc(Cl)ccc2CNC2CC2)c1. The fourth-order valence-corrected chi connectivity index (χ4v) is 2.44. The Balaban J connectivity index is 1.85. The molecule has 0 bridgehead atoms. The van der Waals surface area contributed by atoms with Crippen molar-refractivity contribution in [3.05, 3.63) is 57.6 Å². The lowest BCUT2D eigenvalue weighted by Crippen LogP contribution is -2.15. The van der Waals surface area contributed by atoms with E-state index in [1.54, 1.807) is 0 Å². The Bertz CT molecular complexity index is 653. The Hall–Kier alpha value is -1.22. The Morgan fingerprint density at radius 2 is 1.90 bits per heavy atom. The summed E-state index contributed by atoms with van der Waals surface area (Å²) in [5.74, 6) is 1.41. The van der Waals surface area contributed by atoms with Crippen LogP contribution >= 0.6 is 23.2 Å². The summed E-state index contributed by atoms with van der Waals surface area (Å²) in [5, 5.41) is 4.74. The zero-order chi connectivity index (χ0) is 14.8. The summed E-state index contributed by atoms with van der Waals surface area (Å²) in [5.41, 5.74) is 2.19. The zero-order valence-electron chi connectivity index (χ0n) is 11.8. The Labute approximate surface area is 135 Å². The fraction of sp³-hybridized carbons (Fsp3) is 0.294. The van der Waals surface area contributed by atoms with Crippen LogP contribution in [0.5, 0.6) is 11.5 Å². The average Bonchev–Trinajstić information content (AvgIpc) is 3.26. The van der Waals surface area contributed by atoms with Gasteiger partial charge in [0, 0.05) is 23.2 Å². The van der Waals surface area contributed by atoms with Gasteiger partial charge in [0.25, 0.3) is 0 Å². The first-order valence-corrected chi connectivity index (χ1v) is 7.83. The third-order valence-corrected chi connectivity index (χ3v) is 4.04. The van der Waals surface area contributed by atoms with E-state index >= 15 is 0 Å². The third kappa shape index (κ3) is 3.91. The predicted octanol–water partition coefficient (Wildman–Crippen LogP) is 5.35. The lowest BCUT2D eigenvalue weighted by Gasteiger charge is -2.14. The first kappa shape index (κ1) is 14.7. The fourth-order valence-electron chi connectivity index (χ4n) is 2.12. The molecule has 2 nitrogen and oxygen atoms in total. The van der Waals surface area contributed by atoms with Gasteiger partial charge in [0.15, 0.2) is 0 Å². The highest BCUT2D eigenvalue weighted by atomic mass is 35.5. The second-order valence-electron chi connectivity index (χ2n) is 5.44. The molecular formula is C17H17Cl2NO. The summed E-state index contributed by atoms with van der Waals surface area (Å²) < 4.78 is 6.00. The molecule has 2 aromatic rings. The lowest BCUT2D eigenvalue weighted by atomic mass is 10.2. The molecule has 0 atom stereocenters. The molecule has 0 aliphatic heterocycles. The summed E-state index contributed by atoms with van der Waals surface area (Å²) in [6.45, 7) is 2.79. The van der Waals surface area contributed by atoms with Crippen molar-refractivity contribution < 1.29 is 4.74 Å². The standard InChI is InChI=1S/C17H17Cl2NO/c1-11-2-7-15(19)17(8-11)21-16-9-13(18)4-3-12(16)10-20-14-5-6-14/h2-4,7-9,14,20H,5-6,10H2,1H3. The first-order chi connectivity index (χ1) is 10.1. The van der Waals surface area contributed by atoms with E-state index in [0.717, 1.165) is 23.4 Å². The minimum atomic E-state index is 0.599. The minimum absolute atomic E-state index is 0.599. The van der Waals surface area contributed by atoms with Gasteiger partial charge in [-0.1, -0.05) is 35.3 Å². The second-order valence-corrected chi connectivity index (χ2v) is 6.29. The maximum atomic E-state index is 6.20. The molecule has 0 saturated heterocycles. The number of nitrogens with one attached hydrogen (secondary N) is 1. The summed E-state index contributed by atoms with van der Waals surface area (Å²) in [6.07, 6.45) is 2.51. The van der Waals surface area contributed by atoms with Crippen LogP contribution in [-0.2, 0) is 6.54 Å². The van der Waals surface area contributed by atoms with E-state index in [4.69, 9.17) is 27.9 Å². The first-order valence-electron chi connectivity index (χ1n) is 7.07. The third-order valence-electron chi connectivity index (χ3n) is 3.49. The van der Waals surface area contributed by atoms with Crippen molar-refractivity contribution in [2.24, 2.45) is 0 Å². The highest BCUT2D eigenvalue weighted by Gasteiger charge is 2.20. The van der Waals surface area contributed by atoms with Crippen LogP contribution < -0.4 is 10.1 Å². The summed E-state index contributed by atoms with van der Waals surface area (Å²) >= 11 is 12.3. The molecule has 3 rings (SSSR count). The van der Waals surface area contributed by atoms with Crippen LogP contribution in [-0.4, -0.2) is 6.04 Å². The van der Waals surface area contributed by atoms with Crippen molar-refractivity contribution in [1.29, 1.82) is 0 Å². The molecule has 0 aromatic heterocycles. The monoisotopic (exact) mass is 321 g/mol. The van der Waals surface area contributed by atoms with Gasteiger partial charge in [0.1, 0.15) is 11.5 Å². The van der Waals surface area contributed by atoms with Crippen LogP contribution in [0.15, 0.2) is 36.4 Å². The van der Waals surface area contributed by atoms with Gasteiger partial charge in [-0.2, -0.15) is 0 Å². The zero-order valence-corrected chi connectivity index (χ0v) is 13.3. The van der Waals surface area contributed by atoms with E-state index in [1.165, 1.54) is 12.8 Å². The van der Waals surface area contributed by atoms with E-state index in [2.05, 4.69) is 5.32 Å². The van der Waals surface area contributed by atoms with E-state index < -0.39 is 0 Å². The molecule has 0 amide bonds. The van der Waals surface area contributed by atoms with Crippen molar-refractivity contribution in [3.8, 4) is 11.5 Å².